The van der Waals surface area contributed by atoms with Crippen LogP contribution >= 0.6 is 0 Å². The second kappa shape index (κ2) is 4.73. The maximum atomic E-state index is 12.2. The van der Waals surface area contributed by atoms with Gasteiger partial charge in [-0.25, -0.2) is 14.8 Å². The minimum atomic E-state index is -1.05. The van der Waals surface area contributed by atoms with E-state index in [4.69, 9.17) is 5.11 Å². The Morgan fingerprint density at radius 1 is 1.40 bits per heavy atom. The Hall–Kier alpha value is -2.18. The number of nitrogens with zero attached hydrogens (tertiary/aromatic N) is 4. The number of carboxylic acids is 1. The molecule has 0 spiro atoms. The fourth-order valence-corrected chi connectivity index (χ4v) is 2.36. The third-order valence-electron chi connectivity index (χ3n) is 3.64. The molecule has 0 unspecified atom stereocenters. The number of likely N-dealkylation sites (N-methyl/N-ethyl adjacent to an activating group) is 1. The molecule has 20 heavy (non-hydrogen) atoms. The van der Waals surface area contributed by atoms with Crippen molar-refractivity contribution in [1.29, 1.82) is 0 Å². The van der Waals surface area contributed by atoms with Crippen molar-refractivity contribution in [3.8, 4) is 0 Å². The topological polar surface area (TPSA) is 86.6 Å². The van der Waals surface area contributed by atoms with Gasteiger partial charge in [0.05, 0.1) is 11.3 Å². The minimum Gasteiger partial charge on any atom is -0.478 e. The lowest BCUT2D eigenvalue weighted by Crippen LogP contribution is -2.62. The Balaban J connectivity index is 2.39. The number of carbonyl (C=O) groups is 2. The van der Waals surface area contributed by atoms with Gasteiger partial charge in [0.2, 0.25) is 11.9 Å². The van der Waals surface area contributed by atoms with Crippen molar-refractivity contribution in [2.24, 2.45) is 0 Å². The minimum absolute atomic E-state index is 0.00712. The summed E-state index contributed by atoms with van der Waals surface area (Å²) in [5, 5.41) is 8.99. The number of anilines is 1. The molecule has 7 nitrogen and oxygen atoms in total. The molecule has 1 N–H and O–H groups in total. The van der Waals surface area contributed by atoms with Crippen LogP contribution in [0.2, 0.25) is 0 Å². The van der Waals surface area contributed by atoms with E-state index >= 15 is 0 Å². The molecule has 0 saturated carbocycles. The SMILES string of the molecule is Cc1nc(N2CCN(C)C(=O)C2(C)C)ncc1C(=O)O. The molecule has 0 atom stereocenters. The van der Waals surface area contributed by atoms with Crippen molar-refractivity contribution in [2.45, 2.75) is 26.3 Å². The highest BCUT2D eigenvalue weighted by Crippen LogP contribution is 2.26. The average Bonchev–Trinajstić information content (AvgIpc) is 2.35. The van der Waals surface area contributed by atoms with Gasteiger partial charge in [-0.1, -0.05) is 0 Å². The van der Waals surface area contributed by atoms with Gasteiger partial charge in [0, 0.05) is 26.3 Å². The summed E-state index contributed by atoms with van der Waals surface area (Å²) >= 11 is 0. The number of aromatic carboxylic acids is 1. The zero-order chi connectivity index (χ0) is 15.1. The number of carbonyl (C=O) groups excluding carboxylic acids is 1. The summed E-state index contributed by atoms with van der Waals surface area (Å²) in [6.45, 7) is 6.45. The van der Waals surface area contributed by atoms with Crippen molar-refractivity contribution in [3.63, 3.8) is 0 Å². The number of aromatic nitrogens is 2. The van der Waals surface area contributed by atoms with E-state index in [0.29, 0.717) is 24.7 Å². The van der Waals surface area contributed by atoms with Crippen LogP contribution in [0.3, 0.4) is 0 Å². The molecule has 1 saturated heterocycles. The van der Waals surface area contributed by atoms with Crippen molar-refractivity contribution in [2.75, 3.05) is 25.0 Å². The average molecular weight is 278 g/mol. The Kier molecular flexibility index (Phi) is 3.37. The van der Waals surface area contributed by atoms with Gasteiger partial charge in [-0.05, 0) is 20.8 Å². The fraction of sp³-hybridized carbons (Fsp3) is 0.538. The number of aryl methyl sites for hydroxylation is 1. The zero-order valence-electron chi connectivity index (χ0n) is 12.0. The standard InChI is InChI=1S/C13H18N4O3/c1-8-9(10(18)19)7-14-12(15-8)17-6-5-16(4)11(20)13(17,2)3/h7H,5-6H2,1-4H3,(H,18,19). The molecule has 1 aliphatic rings. The van der Waals surface area contributed by atoms with Crippen LogP contribution in [0.5, 0.6) is 0 Å². The van der Waals surface area contributed by atoms with Crippen LogP contribution in [0.4, 0.5) is 5.95 Å². The molecule has 0 bridgehead atoms. The van der Waals surface area contributed by atoms with Gasteiger partial charge in [0.1, 0.15) is 5.54 Å². The highest BCUT2D eigenvalue weighted by atomic mass is 16.4. The predicted molar refractivity (Wildman–Crippen MR) is 72.8 cm³/mol. The lowest BCUT2D eigenvalue weighted by Gasteiger charge is -2.44. The van der Waals surface area contributed by atoms with E-state index in [2.05, 4.69) is 9.97 Å². The molecule has 0 radical (unpaired) electrons. The Labute approximate surface area is 117 Å². The van der Waals surface area contributed by atoms with Crippen LogP contribution in [0.1, 0.15) is 29.9 Å². The molecule has 0 aliphatic carbocycles. The number of carboxylic acid groups (broad SMARTS) is 1. The summed E-state index contributed by atoms with van der Waals surface area (Å²) < 4.78 is 0. The number of rotatable bonds is 2. The van der Waals surface area contributed by atoms with E-state index in [9.17, 15) is 9.59 Å². The largest absolute Gasteiger partial charge is 0.478 e. The smallest absolute Gasteiger partial charge is 0.339 e. The third kappa shape index (κ3) is 2.19. The fourth-order valence-electron chi connectivity index (χ4n) is 2.36. The summed E-state index contributed by atoms with van der Waals surface area (Å²) in [5.41, 5.74) is -0.277. The van der Waals surface area contributed by atoms with Gasteiger partial charge < -0.3 is 14.9 Å². The number of hydrogen-bond donors (Lipinski definition) is 1. The van der Waals surface area contributed by atoms with Crippen molar-refractivity contribution in [1.82, 2.24) is 14.9 Å². The first-order valence-electron chi connectivity index (χ1n) is 6.35. The molecule has 1 aliphatic heterocycles. The molecule has 1 aromatic rings. The van der Waals surface area contributed by atoms with Gasteiger partial charge in [-0.2, -0.15) is 0 Å². The summed E-state index contributed by atoms with van der Waals surface area (Å²) in [4.78, 5) is 35.0. The normalized spacial score (nSPS) is 18.3. The van der Waals surface area contributed by atoms with Crippen LogP contribution in [-0.2, 0) is 4.79 Å². The van der Waals surface area contributed by atoms with Crippen LogP contribution in [-0.4, -0.2) is 57.5 Å². The number of hydrogen-bond acceptors (Lipinski definition) is 5. The van der Waals surface area contributed by atoms with Gasteiger partial charge >= 0.3 is 5.97 Å². The van der Waals surface area contributed by atoms with E-state index in [-0.39, 0.29) is 11.5 Å². The van der Waals surface area contributed by atoms with Crippen LogP contribution < -0.4 is 4.90 Å². The summed E-state index contributed by atoms with van der Waals surface area (Å²) in [7, 11) is 1.76. The third-order valence-corrected chi connectivity index (χ3v) is 3.64. The maximum Gasteiger partial charge on any atom is 0.339 e. The lowest BCUT2D eigenvalue weighted by molar-refractivity contribution is -0.136. The van der Waals surface area contributed by atoms with E-state index < -0.39 is 11.5 Å². The molecule has 2 heterocycles. The first-order chi connectivity index (χ1) is 9.25. The van der Waals surface area contributed by atoms with Crippen molar-refractivity contribution in [3.05, 3.63) is 17.5 Å². The molecular weight excluding hydrogens is 260 g/mol. The van der Waals surface area contributed by atoms with E-state index in [1.165, 1.54) is 6.20 Å². The highest BCUT2D eigenvalue weighted by Gasteiger charge is 2.41. The second-order valence-corrected chi connectivity index (χ2v) is 5.41. The molecule has 2 rings (SSSR count). The molecular formula is C13H18N4O3. The van der Waals surface area contributed by atoms with Gasteiger partial charge in [0.15, 0.2) is 0 Å². The van der Waals surface area contributed by atoms with Crippen molar-refractivity contribution >= 4 is 17.8 Å². The van der Waals surface area contributed by atoms with Gasteiger partial charge in [0.25, 0.3) is 0 Å². The van der Waals surface area contributed by atoms with Gasteiger partial charge in [-0.15, -0.1) is 0 Å². The zero-order valence-corrected chi connectivity index (χ0v) is 12.0. The monoisotopic (exact) mass is 278 g/mol. The summed E-state index contributed by atoms with van der Waals surface area (Å²) in [6, 6.07) is 0. The first kappa shape index (κ1) is 14.2. The summed E-state index contributed by atoms with van der Waals surface area (Å²) in [5.74, 6) is -0.672. The molecule has 108 valence electrons. The van der Waals surface area contributed by atoms with Crippen molar-refractivity contribution < 1.29 is 14.7 Å². The number of piperazine rings is 1. The van der Waals surface area contributed by atoms with E-state index in [0.717, 1.165) is 0 Å². The van der Waals surface area contributed by atoms with Crippen LogP contribution in [0.25, 0.3) is 0 Å². The van der Waals surface area contributed by atoms with Crippen LogP contribution in [0.15, 0.2) is 6.20 Å². The molecule has 1 aromatic heterocycles. The lowest BCUT2D eigenvalue weighted by atomic mass is 9.98. The molecule has 1 amide bonds. The van der Waals surface area contributed by atoms with Crippen LogP contribution in [0, 0.1) is 6.92 Å². The molecule has 1 fully saturated rings. The maximum absolute atomic E-state index is 12.2. The Bertz CT molecular complexity index is 571. The first-order valence-corrected chi connectivity index (χ1v) is 6.35. The molecule has 0 aromatic carbocycles. The Morgan fingerprint density at radius 2 is 2.05 bits per heavy atom. The molecule has 7 heteroatoms. The van der Waals surface area contributed by atoms with Gasteiger partial charge in [-0.3, -0.25) is 4.79 Å². The van der Waals surface area contributed by atoms with E-state index in [1.54, 1.807) is 18.9 Å². The Morgan fingerprint density at radius 3 is 2.60 bits per heavy atom. The second-order valence-electron chi connectivity index (χ2n) is 5.41. The highest BCUT2D eigenvalue weighted by molar-refractivity contribution is 5.90. The van der Waals surface area contributed by atoms with E-state index in [1.807, 2.05) is 18.7 Å². The quantitative estimate of drug-likeness (QED) is 0.849. The summed E-state index contributed by atoms with van der Waals surface area (Å²) in [6.07, 6.45) is 1.29. The predicted octanol–water partition coefficient (Wildman–Crippen LogP) is 0.540. The number of amides is 1.